The van der Waals surface area contributed by atoms with Crippen molar-refractivity contribution in [2.45, 2.75) is 6.18 Å². The number of nitrogens with zero attached hydrogens (tertiary/aromatic N) is 3. The highest BCUT2D eigenvalue weighted by Gasteiger charge is 2.31. The predicted molar refractivity (Wildman–Crippen MR) is 110 cm³/mol. The van der Waals surface area contributed by atoms with E-state index in [-0.39, 0.29) is 18.4 Å². The number of ether oxygens (including phenoxy) is 1. The summed E-state index contributed by atoms with van der Waals surface area (Å²) in [5.74, 6) is 0.0409. The van der Waals surface area contributed by atoms with Crippen molar-refractivity contribution >= 4 is 17.5 Å². The summed E-state index contributed by atoms with van der Waals surface area (Å²) in [5, 5.41) is 0. The highest BCUT2D eigenvalue weighted by molar-refractivity contribution is 5.94. The first-order chi connectivity index (χ1) is 14.6. The molecule has 1 saturated heterocycles. The molecule has 0 bridgehead atoms. The molecule has 0 saturated carbocycles. The third kappa shape index (κ3) is 5.68. The molecule has 0 unspecified atom stereocenters. The molecule has 0 atom stereocenters. The number of halogens is 3. The van der Waals surface area contributed by atoms with E-state index < -0.39 is 11.7 Å². The second-order valence-corrected chi connectivity index (χ2v) is 7.43. The van der Waals surface area contributed by atoms with E-state index in [0.29, 0.717) is 43.2 Å². The average molecular weight is 435 g/mol. The highest BCUT2D eigenvalue weighted by atomic mass is 19.4. The number of hydrogen-bond donors (Lipinski definition) is 0. The molecule has 0 radical (unpaired) electrons. The summed E-state index contributed by atoms with van der Waals surface area (Å²) in [6.45, 7) is 1.51. The highest BCUT2D eigenvalue weighted by Crippen LogP contribution is 2.32. The van der Waals surface area contributed by atoms with Crippen molar-refractivity contribution in [2.75, 3.05) is 51.8 Å². The third-order valence-electron chi connectivity index (χ3n) is 5.05. The second kappa shape index (κ2) is 9.28. The lowest BCUT2D eigenvalue weighted by Gasteiger charge is -2.36. The number of alkyl halides is 3. The minimum Gasteiger partial charge on any atom is -0.484 e. The molecule has 2 aromatic carbocycles. The van der Waals surface area contributed by atoms with Gasteiger partial charge >= 0.3 is 6.18 Å². The Bertz CT molecular complexity index is 939. The molecular formula is C22H24F3N3O3. The van der Waals surface area contributed by atoms with Crippen molar-refractivity contribution in [3.8, 4) is 5.75 Å². The smallest absolute Gasteiger partial charge is 0.416 e. The molecule has 1 aliphatic rings. The molecule has 0 aromatic heterocycles. The lowest BCUT2D eigenvalue weighted by molar-refractivity contribution is -0.137. The molecule has 31 heavy (non-hydrogen) atoms. The molecule has 0 N–H and O–H groups in total. The van der Waals surface area contributed by atoms with Gasteiger partial charge in [0, 0.05) is 51.5 Å². The SMILES string of the molecule is CN(C)C(=O)COc1cccc(C(=O)N2CCN(c3cccc(C(F)(F)F)c3)CC2)c1. The van der Waals surface area contributed by atoms with Crippen LogP contribution in [0.4, 0.5) is 18.9 Å². The summed E-state index contributed by atoms with van der Waals surface area (Å²) in [6.07, 6.45) is -4.39. The number of likely N-dealkylation sites (N-methyl/N-ethyl adjacent to an activating group) is 1. The molecule has 3 rings (SSSR count). The number of rotatable bonds is 5. The number of carbonyl (C=O) groups is 2. The zero-order chi connectivity index (χ0) is 22.6. The van der Waals surface area contributed by atoms with Crippen LogP contribution in [0.25, 0.3) is 0 Å². The molecular weight excluding hydrogens is 411 g/mol. The normalized spacial score (nSPS) is 14.4. The number of hydrogen-bond acceptors (Lipinski definition) is 4. The lowest BCUT2D eigenvalue weighted by atomic mass is 10.1. The molecule has 6 nitrogen and oxygen atoms in total. The van der Waals surface area contributed by atoms with Gasteiger partial charge in [0.15, 0.2) is 6.61 Å². The zero-order valence-electron chi connectivity index (χ0n) is 17.4. The molecule has 0 spiro atoms. The van der Waals surface area contributed by atoms with Gasteiger partial charge < -0.3 is 19.4 Å². The summed E-state index contributed by atoms with van der Waals surface area (Å²) in [4.78, 5) is 29.4. The number of piperazine rings is 1. The molecule has 1 aliphatic heterocycles. The molecule has 2 aromatic rings. The van der Waals surface area contributed by atoms with Crippen LogP contribution in [0.2, 0.25) is 0 Å². The first-order valence-electron chi connectivity index (χ1n) is 9.79. The lowest BCUT2D eigenvalue weighted by Crippen LogP contribution is -2.48. The van der Waals surface area contributed by atoms with Gasteiger partial charge in [-0.25, -0.2) is 0 Å². The van der Waals surface area contributed by atoms with Crippen LogP contribution < -0.4 is 9.64 Å². The van der Waals surface area contributed by atoms with Gasteiger partial charge in [0.2, 0.25) is 0 Å². The minimum absolute atomic E-state index is 0.125. The van der Waals surface area contributed by atoms with Crippen LogP contribution in [0.15, 0.2) is 48.5 Å². The van der Waals surface area contributed by atoms with Gasteiger partial charge in [-0.3, -0.25) is 9.59 Å². The largest absolute Gasteiger partial charge is 0.484 e. The quantitative estimate of drug-likeness (QED) is 0.724. The zero-order valence-corrected chi connectivity index (χ0v) is 17.4. The second-order valence-electron chi connectivity index (χ2n) is 7.43. The maximum atomic E-state index is 13.0. The first kappa shape index (κ1) is 22.5. The van der Waals surface area contributed by atoms with Gasteiger partial charge in [-0.15, -0.1) is 0 Å². The molecule has 1 fully saturated rings. The van der Waals surface area contributed by atoms with Crippen molar-refractivity contribution in [1.29, 1.82) is 0 Å². The fourth-order valence-corrected chi connectivity index (χ4v) is 3.22. The van der Waals surface area contributed by atoms with E-state index in [1.165, 1.54) is 11.0 Å². The Kier molecular flexibility index (Phi) is 6.72. The maximum Gasteiger partial charge on any atom is 0.416 e. The first-order valence-corrected chi connectivity index (χ1v) is 9.79. The summed E-state index contributed by atoms with van der Waals surface area (Å²) in [6, 6.07) is 11.8. The summed E-state index contributed by atoms with van der Waals surface area (Å²) < 4.78 is 44.3. The monoisotopic (exact) mass is 435 g/mol. The van der Waals surface area contributed by atoms with Gasteiger partial charge in [-0.1, -0.05) is 12.1 Å². The fourth-order valence-electron chi connectivity index (χ4n) is 3.22. The van der Waals surface area contributed by atoms with E-state index in [0.717, 1.165) is 12.1 Å². The average Bonchev–Trinajstić information content (AvgIpc) is 2.76. The Balaban J connectivity index is 1.61. The third-order valence-corrected chi connectivity index (χ3v) is 5.05. The van der Waals surface area contributed by atoms with Gasteiger partial charge in [0.1, 0.15) is 5.75 Å². The molecule has 1 heterocycles. The van der Waals surface area contributed by atoms with Crippen LogP contribution in [-0.4, -0.2) is 68.5 Å². The van der Waals surface area contributed by atoms with Gasteiger partial charge in [0.25, 0.3) is 11.8 Å². The van der Waals surface area contributed by atoms with Crippen LogP contribution in [-0.2, 0) is 11.0 Å². The Morgan fingerprint density at radius 2 is 1.68 bits per heavy atom. The van der Waals surface area contributed by atoms with E-state index in [1.54, 1.807) is 49.3 Å². The standard InChI is InChI=1S/C22H24F3N3O3/c1-26(2)20(29)15-31-19-8-3-5-16(13-19)21(30)28-11-9-27(10-12-28)18-7-4-6-17(14-18)22(23,24)25/h3-8,13-14H,9-12,15H2,1-2H3. The number of amides is 2. The molecule has 0 aliphatic carbocycles. The maximum absolute atomic E-state index is 13.0. The Morgan fingerprint density at radius 3 is 2.32 bits per heavy atom. The summed E-state index contributed by atoms with van der Waals surface area (Å²) in [5.41, 5.74) is 0.235. The van der Waals surface area contributed by atoms with Crippen molar-refractivity contribution in [1.82, 2.24) is 9.80 Å². The summed E-state index contributed by atoms with van der Waals surface area (Å²) >= 11 is 0. The predicted octanol–water partition coefficient (Wildman–Crippen LogP) is 3.13. The van der Waals surface area contributed by atoms with E-state index in [1.807, 2.05) is 4.90 Å². The van der Waals surface area contributed by atoms with E-state index in [9.17, 15) is 22.8 Å². The Hall–Kier alpha value is -3.23. The number of anilines is 1. The van der Waals surface area contributed by atoms with Gasteiger partial charge in [-0.2, -0.15) is 13.2 Å². The van der Waals surface area contributed by atoms with Gasteiger partial charge in [0.05, 0.1) is 5.56 Å². The van der Waals surface area contributed by atoms with Crippen LogP contribution in [0.1, 0.15) is 15.9 Å². The van der Waals surface area contributed by atoms with Crippen molar-refractivity contribution in [2.24, 2.45) is 0 Å². The van der Waals surface area contributed by atoms with E-state index in [2.05, 4.69) is 0 Å². The van der Waals surface area contributed by atoms with Crippen molar-refractivity contribution in [3.05, 3.63) is 59.7 Å². The van der Waals surface area contributed by atoms with Crippen LogP contribution in [0, 0.1) is 0 Å². The summed E-state index contributed by atoms with van der Waals surface area (Å²) in [7, 11) is 3.26. The van der Waals surface area contributed by atoms with Crippen LogP contribution in [0.5, 0.6) is 5.75 Å². The Labute approximate surface area is 178 Å². The topological polar surface area (TPSA) is 53.1 Å². The van der Waals surface area contributed by atoms with Crippen LogP contribution >= 0.6 is 0 Å². The van der Waals surface area contributed by atoms with Gasteiger partial charge in [-0.05, 0) is 36.4 Å². The molecule has 166 valence electrons. The molecule has 2 amide bonds. The van der Waals surface area contributed by atoms with Crippen LogP contribution in [0.3, 0.4) is 0 Å². The minimum atomic E-state index is -4.39. The number of benzene rings is 2. The van der Waals surface area contributed by atoms with E-state index >= 15 is 0 Å². The number of carbonyl (C=O) groups excluding carboxylic acids is 2. The Morgan fingerprint density at radius 1 is 1.00 bits per heavy atom. The van der Waals surface area contributed by atoms with E-state index in [4.69, 9.17) is 4.74 Å². The fraction of sp³-hybridized carbons (Fsp3) is 0.364. The molecule has 9 heteroatoms. The van der Waals surface area contributed by atoms with Crippen molar-refractivity contribution in [3.63, 3.8) is 0 Å². The van der Waals surface area contributed by atoms with Crippen molar-refractivity contribution < 1.29 is 27.5 Å².